The average Bonchev–Trinajstić information content (AvgIpc) is 2.84. The maximum absolute atomic E-state index is 12.5. The van der Waals surface area contributed by atoms with Gasteiger partial charge in [0.1, 0.15) is 5.00 Å². The minimum absolute atomic E-state index is 0.0628. The minimum Gasteiger partial charge on any atom is -0.478 e. The van der Waals surface area contributed by atoms with Crippen LogP contribution in [0.2, 0.25) is 0 Å². The zero-order valence-electron chi connectivity index (χ0n) is 13.9. The molecule has 25 heavy (non-hydrogen) atoms. The van der Waals surface area contributed by atoms with Gasteiger partial charge in [0.15, 0.2) is 0 Å². The summed E-state index contributed by atoms with van der Waals surface area (Å²) in [6.45, 7) is 3.39. The molecule has 0 aliphatic heterocycles. The smallest absolute Gasteiger partial charge is 0.339 e. The number of carbonyl (C=O) groups is 3. The highest BCUT2D eigenvalue weighted by molar-refractivity contribution is 7.18. The second kappa shape index (κ2) is 7.80. The molecule has 5 N–H and O–H groups in total. The maximum Gasteiger partial charge on any atom is 0.339 e. The summed E-state index contributed by atoms with van der Waals surface area (Å²) in [4.78, 5) is 36.0. The molecule has 8 heteroatoms. The van der Waals surface area contributed by atoms with Gasteiger partial charge < -0.3 is 21.5 Å². The predicted octanol–water partition coefficient (Wildman–Crippen LogP) is 3.33. The number of amides is 2. The van der Waals surface area contributed by atoms with Gasteiger partial charge in [-0.15, -0.1) is 11.3 Å². The number of hydrogen-bond donors (Lipinski definition) is 4. The van der Waals surface area contributed by atoms with Gasteiger partial charge in [0, 0.05) is 17.8 Å². The molecule has 0 radical (unpaired) electrons. The number of rotatable bonds is 6. The number of nitrogens with one attached hydrogen (secondary N) is 2. The number of carboxylic acids is 1. The summed E-state index contributed by atoms with van der Waals surface area (Å²) in [7, 11) is 0. The molecule has 0 atom stereocenters. The molecule has 0 saturated carbocycles. The zero-order chi connectivity index (χ0) is 18.6. The number of nitrogen functional groups attached to an aromatic ring is 1. The Kier molecular flexibility index (Phi) is 5.76. The molecule has 0 saturated heterocycles. The summed E-state index contributed by atoms with van der Waals surface area (Å²) in [5, 5.41) is 14.8. The molecule has 2 aromatic rings. The number of anilines is 3. The van der Waals surface area contributed by atoms with Crippen LogP contribution in [0.15, 0.2) is 24.3 Å². The second-order valence-electron chi connectivity index (χ2n) is 5.44. The van der Waals surface area contributed by atoms with E-state index in [2.05, 4.69) is 10.6 Å². The first-order valence-corrected chi connectivity index (χ1v) is 8.48. The Morgan fingerprint density at radius 2 is 1.96 bits per heavy atom. The second-order valence-corrected chi connectivity index (χ2v) is 6.46. The zero-order valence-corrected chi connectivity index (χ0v) is 14.7. The minimum atomic E-state index is -1.19. The summed E-state index contributed by atoms with van der Waals surface area (Å²) in [6.07, 6.45) is 0.919. The fourth-order valence-corrected chi connectivity index (χ4v) is 3.41. The van der Waals surface area contributed by atoms with Crippen LogP contribution in [0.25, 0.3) is 0 Å². The van der Waals surface area contributed by atoms with E-state index in [9.17, 15) is 19.5 Å². The summed E-state index contributed by atoms with van der Waals surface area (Å²) < 4.78 is 0. The Morgan fingerprint density at radius 3 is 2.56 bits per heavy atom. The molecule has 0 bridgehead atoms. The standard InChI is InChI=1S/C17H19N3O4S/c1-3-5-12(21)20-16-13(17(23)24)9(2)14(25-16)15(22)19-11-7-4-6-10(18)8-11/h4,6-8H,3,5,18H2,1-2H3,(H,19,22)(H,20,21)(H,23,24). The molecule has 1 heterocycles. The summed E-state index contributed by atoms with van der Waals surface area (Å²) in [5.74, 6) is -1.93. The van der Waals surface area contributed by atoms with Crippen LogP contribution in [0.3, 0.4) is 0 Å². The van der Waals surface area contributed by atoms with Crippen molar-refractivity contribution in [2.45, 2.75) is 26.7 Å². The van der Waals surface area contributed by atoms with E-state index in [0.717, 1.165) is 11.3 Å². The van der Waals surface area contributed by atoms with Crippen LogP contribution in [0.4, 0.5) is 16.4 Å². The van der Waals surface area contributed by atoms with Gasteiger partial charge in [0.25, 0.3) is 5.91 Å². The molecule has 2 amide bonds. The molecule has 132 valence electrons. The summed E-state index contributed by atoms with van der Waals surface area (Å²) >= 11 is 0.944. The van der Waals surface area contributed by atoms with Crippen molar-refractivity contribution in [1.29, 1.82) is 0 Å². The molecule has 0 aliphatic rings. The Morgan fingerprint density at radius 1 is 1.24 bits per heavy atom. The fourth-order valence-electron chi connectivity index (χ4n) is 2.30. The number of nitrogens with two attached hydrogens (primary N) is 1. The quantitative estimate of drug-likeness (QED) is 0.588. The van der Waals surface area contributed by atoms with Crippen molar-refractivity contribution >= 4 is 45.5 Å². The fraction of sp³-hybridized carbons (Fsp3) is 0.235. The molecule has 0 aliphatic carbocycles. The molecular weight excluding hydrogens is 342 g/mol. The third-order valence-electron chi connectivity index (χ3n) is 3.44. The van der Waals surface area contributed by atoms with Gasteiger partial charge in [-0.3, -0.25) is 9.59 Å². The van der Waals surface area contributed by atoms with E-state index in [-0.39, 0.29) is 27.8 Å². The largest absolute Gasteiger partial charge is 0.478 e. The van der Waals surface area contributed by atoms with Crippen LogP contribution in [0.5, 0.6) is 0 Å². The van der Waals surface area contributed by atoms with Crippen LogP contribution < -0.4 is 16.4 Å². The van der Waals surface area contributed by atoms with Gasteiger partial charge in [0.2, 0.25) is 5.91 Å². The van der Waals surface area contributed by atoms with Crippen molar-refractivity contribution in [1.82, 2.24) is 0 Å². The Labute approximate surface area is 148 Å². The maximum atomic E-state index is 12.5. The molecule has 1 aromatic heterocycles. The highest BCUT2D eigenvalue weighted by Crippen LogP contribution is 2.34. The molecule has 7 nitrogen and oxygen atoms in total. The van der Waals surface area contributed by atoms with Crippen molar-refractivity contribution in [3.8, 4) is 0 Å². The lowest BCUT2D eigenvalue weighted by Crippen LogP contribution is -2.13. The van der Waals surface area contributed by atoms with Crippen LogP contribution in [0.1, 0.15) is 45.4 Å². The highest BCUT2D eigenvalue weighted by Gasteiger charge is 2.25. The van der Waals surface area contributed by atoms with E-state index in [1.807, 2.05) is 6.92 Å². The summed E-state index contributed by atoms with van der Waals surface area (Å²) in [5.41, 5.74) is 6.93. The van der Waals surface area contributed by atoms with Crippen molar-refractivity contribution in [3.63, 3.8) is 0 Å². The lowest BCUT2D eigenvalue weighted by molar-refractivity contribution is -0.116. The van der Waals surface area contributed by atoms with E-state index in [0.29, 0.717) is 23.4 Å². The number of thiophene rings is 1. The Bertz CT molecular complexity index is 829. The highest BCUT2D eigenvalue weighted by atomic mass is 32.1. The number of aromatic carboxylic acids is 1. The molecule has 2 rings (SSSR count). The number of benzene rings is 1. The third kappa shape index (κ3) is 4.36. The van der Waals surface area contributed by atoms with E-state index in [1.54, 1.807) is 31.2 Å². The van der Waals surface area contributed by atoms with Gasteiger partial charge in [-0.2, -0.15) is 0 Å². The first-order chi connectivity index (χ1) is 11.8. The van der Waals surface area contributed by atoms with Crippen LogP contribution in [-0.2, 0) is 4.79 Å². The molecular formula is C17H19N3O4S. The third-order valence-corrected chi connectivity index (χ3v) is 4.65. The van der Waals surface area contributed by atoms with E-state index < -0.39 is 11.9 Å². The molecule has 1 aromatic carbocycles. The van der Waals surface area contributed by atoms with Gasteiger partial charge in [-0.25, -0.2) is 4.79 Å². The Hall–Kier alpha value is -2.87. The lowest BCUT2D eigenvalue weighted by atomic mass is 10.1. The molecule has 0 fully saturated rings. The summed E-state index contributed by atoms with van der Waals surface area (Å²) in [6, 6.07) is 6.67. The number of carboxylic acid groups (broad SMARTS) is 1. The van der Waals surface area contributed by atoms with Crippen molar-refractivity contribution in [3.05, 3.63) is 40.3 Å². The number of carbonyl (C=O) groups excluding carboxylic acids is 2. The van der Waals surface area contributed by atoms with Crippen LogP contribution in [-0.4, -0.2) is 22.9 Å². The molecule has 0 spiro atoms. The molecule has 0 unspecified atom stereocenters. The van der Waals surface area contributed by atoms with E-state index in [1.165, 1.54) is 0 Å². The van der Waals surface area contributed by atoms with Crippen LogP contribution >= 0.6 is 11.3 Å². The van der Waals surface area contributed by atoms with Gasteiger partial charge >= 0.3 is 5.97 Å². The van der Waals surface area contributed by atoms with Crippen LogP contribution in [0, 0.1) is 6.92 Å². The Balaban J connectivity index is 2.32. The van der Waals surface area contributed by atoms with Crippen molar-refractivity contribution < 1.29 is 19.5 Å². The lowest BCUT2D eigenvalue weighted by Gasteiger charge is -2.05. The number of hydrogen-bond acceptors (Lipinski definition) is 5. The van der Waals surface area contributed by atoms with E-state index >= 15 is 0 Å². The normalized spacial score (nSPS) is 10.3. The monoisotopic (exact) mass is 361 g/mol. The van der Waals surface area contributed by atoms with E-state index in [4.69, 9.17) is 5.73 Å². The first-order valence-electron chi connectivity index (χ1n) is 7.66. The first kappa shape index (κ1) is 18.5. The predicted molar refractivity (Wildman–Crippen MR) is 98.4 cm³/mol. The van der Waals surface area contributed by atoms with Gasteiger partial charge in [-0.1, -0.05) is 13.0 Å². The topological polar surface area (TPSA) is 122 Å². The average molecular weight is 361 g/mol. The van der Waals surface area contributed by atoms with Gasteiger partial charge in [0.05, 0.1) is 10.4 Å². The van der Waals surface area contributed by atoms with Crippen molar-refractivity contribution in [2.24, 2.45) is 0 Å². The van der Waals surface area contributed by atoms with Gasteiger partial charge in [-0.05, 0) is 37.1 Å². The SMILES string of the molecule is CCCC(=O)Nc1sc(C(=O)Nc2cccc(N)c2)c(C)c1C(=O)O. The van der Waals surface area contributed by atoms with Crippen molar-refractivity contribution in [2.75, 3.05) is 16.4 Å².